The molecule has 2 aromatic rings. The highest BCUT2D eigenvalue weighted by molar-refractivity contribution is 7.89. The highest BCUT2D eigenvalue weighted by atomic mass is 32.2. The molecule has 1 atom stereocenters. The van der Waals surface area contributed by atoms with E-state index in [4.69, 9.17) is 10.5 Å². The molecule has 0 saturated carbocycles. The van der Waals surface area contributed by atoms with Gasteiger partial charge in [0, 0.05) is 13.7 Å². The summed E-state index contributed by atoms with van der Waals surface area (Å²) in [5.74, 6) is -0.951. The molecule has 7 nitrogen and oxygen atoms in total. The molecule has 0 spiro atoms. The quantitative estimate of drug-likeness (QED) is 0.584. The number of carbonyl (C=O) groups is 1. The van der Waals surface area contributed by atoms with Gasteiger partial charge in [0.2, 0.25) is 10.0 Å². The minimum atomic E-state index is -3.71. The molecule has 134 valence electrons. The van der Waals surface area contributed by atoms with Crippen LogP contribution in [-0.4, -0.2) is 39.7 Å². The first-order valence-electron chi connectivity index (χ1n) is 7.49. The monoisotopic (exact) mass is 364 g/mol. The van der Waals surface area contributed by atoms with Crippen LogP contribution in [0.4, 0.5) is 0 Å². The Morgan fingerprint density at radius 2 is 1.68 bits per heavy atom. The van der Waals surface area contributed by atoms with E-state index in [1.54, 1.807) is 30.3 Å². The maximum atomic E-state index is 12.2. The van der Waals surface area contributed by atoms with E-state index in [1.807, 2.05) is 0 Å². The molecule has 0 bridgehead atoms. The molecule has 0 fully saturated rings. The molecule has 4 N–H and O–H groups in total. The molecule has 0 aliphatic rings. The number of methoxy groups -OCH3 is 1. The zero-order valence-electron chi connectivity index (χ0n) is 13.7. The van der Waals surface area contributed by atoms with Crippen molar-refractivity contribution >= 4 is 15.9 Å². The van der Waals surface area contributed by atoms with Crippen molar-refractivity contribution in [3.8, 4) is 0 Å². The van der Waals surface area contributed by atoms with Crippen molar-refractivity contribution in [1.82, 2.24) is 4.72 Å². The van der Waals surface area contributed by atoms with Crippen LogP contribution in [0.2, 0.25) is 0 Å². The number of primary amides is 1. The summed E-state index contributed by atoms with van der Waals surface area (Å²) in [6.07, 6.45) is 0. The molecule has 0 saturated heterocycles. The van der Waals surface area contributed by atoms with Crippen molar-refractivity contribution in [2.75, 3.05) is 20.3 Å². The van der Waals surface area contributed by atoms with E-state index < -0.39 is 21.5 Å². The van der Waals surface area contributed by atoms with Crippen molar-refractivity contribution in [3.63, 3.8) is 0 Å². The molecular formula is C17H20N2O5S. The minimum Gasteiger partial charge on any atom is -0.383 e. The van der Waals surface area contributed by atoms with Crippen LogP contribution in [0, 0.1) is 0 Å². The molecule has 0 radical (unpaired) electrons. The van der Waals surface area contributed by atoms with E-state index >= 15 is 0 Å². The third-order valence-corrected chi connectivity index (χ3v) is 5.21. The van der Waals surface area contributed by atoms with Crippen molar-refractivity contribution in [1.29, 1.82) is 0 Å². The van der Waals surface area contributed by atoms with E-state index in [1.165, 1.54) is 31.4 Å². The van der Waals surface area contributed by atoms with Crippen LogP contribution in [0.25, 0.3) is 0 Å². The normalized spacial score (nSPS) is 14.0. The van der Waals surface area contributed by atoms with Crippen LogP contribution in [0.5, 0.6) is 0 Å². The lowest BCUT2D eigenvalue weighted by Crippen LogP contribution is -2.42. The number of carbonyl (C=O) groups excluding carboxylic acids is 1. The Morgan fingerprint density at radius 1 is 1.12 bits per heavy atom. The van der Waals surface area contributed by atoms with Crippen LogP contribution in [0.15, 0.2) is 59.5 Å². The average Bonchev–Trinajstić information content (AvgIpc) is 2.62. The van der Waals surface area contributed by atoms with E-state index in [0.29, 0.717) is 5.56 Å². The second kappa shape index (κ2) is 7.75. The molecule has 0 aliphatic carbocycles. The number of hydrogen-bond acceptors (Lipinski definition) is 5. The van der Waals surface area contributed by atoms with Crippen molar-refractivity contribution in [2.24, 2.45) is 5.73 Å². The lowest BCUT2D eigenvalue weighted by Gasteiger charge is -2.25. The fraction of sp³-hybridized carbons (Fsp3) is 0.235. The number of amides is 1. The highest BCUT2D eigenvalue weighted by Crippen LogP contribution is 2.30. The lowest BCUT2D eigenvalue weighted by molar-refractivity contribution is -0.133. The first-order valence-corrected chi connectivity index (χ1v) is 8.97. The summed E-state index contributed by atoms with van der Waals surface area (Å²) in [5.41, 5.74) is 3.84. The predicted molar refractivity (Wildman–Crippen MR) is 92.1 cm³/mol. The molecule has 0 heterocycles. The second-order valence-corrected chi connectivity index (χ2v) is 7.12. The standard InChI is InChI=1S/C17H20N2O5S/c1-24-12-11-19-25(22,23)15-9-7-14(8-10-15)17(21,16(18)20)13-5-3-2-4-6-13/h2-10,19,21H,11-12H2,1H3,(H2,18,20). The maximum Gasteiger partial charge on any atom is 0.258 e. The van der Waals surface area contributed by atoms with Gasteiger partial charge in [-0.05, 0) is 23.3 Å². The fourth-order valence-electron chi connectivity index (χ4n) is 2.37. The Balaban J connectivity index is 2.36. The van der Waals surface area contributed by atoms with Crippen LogP contribution in [0.1, 0.15) is 11.1 Å². The summed E-state index contributed by atoms with van der Waals surface area (Å²) >= 11 is 0. The number of nitrogens with two attached hydrogens (primary N) is 1. The summed E-state index contributed by atoms with van der Waals surface area (Å²) in [6.45, 7) is 0.378. The van der Waals surface area contributed by atoms with Crippen LogP contribution >= 0.6 is 0 Å². The predicted octanol–water partition coefficient (Wildman–Crippen LogP) is 0.333. The van der Waals surface area contributed by atoms with Crippen molar-refractivity contribution < 1.29 is 23.1 Å². The fourth-order valence-corrected chi connectivity index (χ4v) is 3.38. The molecule has 2 aromatic carbocycles. The van der Waals surface area contributed by atoms with Gasteiger partial charge in [0.1, 0.15) is 0 Å². The summed E-state index contributed by atoms with van der Waals surface area (Å²) in [6, 6.07) is 13.6. The second-order valence-electron chi connectivity index (χ2n) is 5.36. The SMILES string of the molecule is COCCNS(=O)(=O)c1ccc(C(O)(C(N)=O)c2ccccc2)cc1. The van der Waals surface area contributed by atoms with Crippen LogP contribution in [0.3, 0.4) is 0 Å². The summed E-state index contributed by atoms with van der Waals surface area (Å²) in [7, 11) is -2.24. The smallest absolute Gasteiger partial charge is 0.258 e. The van der Waals surface area contributed by atoms with Crippen molar-refractivity contribution in [2.45, 2.75) is 10.5 Å². The number of ether oxygens (including phenoxy) is 1. The van der Waals surface area contributed by atoms with E-state index in [-0.39, 0.29) is 23.6 Å². The molecule has 25 heavy (non-hydrogen) atoms. The molecule has 1 amide bonds. The highest BCUT2D eigenvalue weighted by Gasteiger charge is 2.38. The number of rotatable bonds is 8. The van der Waals surface area contributed by atoms with Gasteiger partial charge in [0.15, 0.2) is 5.60 Å². The molecular weight excluding hydrogens is 344 g/mol. The number of benzene rings is 2. The zero-order chi connectivity index (χ0) is 18.5. The van der Waals surface area contributed by atoms with E-state index in [2.05, 4.69) is 4.72 Å². The van der Waals surface area contributed by atoms with Gasteiger partial charge in [-0.15, -0.1) is 0 Å². The van der Waals surface area contributed by atoms with E-state index in [0.717, 1.165) is 0 Å². The number of aliphatic hydroxyl groups is 1. The molecule has 0 aromatic heterocycles. The third kappa shape index (κ3) is 4.05. The Kier molecular flexibility index (Phi) is 5.91. The zero-order valence-corrected chi connectivity index (χ0v) is 14.5. The van der Waals surface area contributed by atoms with Gasteiger partial charge in [0.25, 0.3) is 5.91 Å². The van der Waals surface area contributed by atoms with Gasteiger partial charge < -0.3 is 15.6 Å². The van der Waals surface area contributed by atoms with Gasteiger partial charge in [0.05, 0.1) is 11.5 Å². The van der Waals surface area contributed by atoms with Gasteiger partial charge in [-0.25, -0.2) is 13.1 Å². The van der Waals surface area contributed by atoms with Crippen LogP contribution in [-0.2, 0) is 25.2 Å². The maximum absolute atomic E-state index is 12.2. The largest absolute Gasteiger partial charge is 0.383 e. The van der Waals surface area contributed by atoms with E-state index in [9.17, 15) is 18.3 Å². The van der Waals surface area contributed by atoms with Crippen LogP contribution < -0.4 is 10.5 Å². The van der Waals surface area contributed by atoms with Crippen molar-refractivity contribution in [3.05, 3.63) is 65.7 Å². The molecule has 1 unspecified atom stereocenters. The first-order chi connectivity index (χ1) is 11.8. The summed E-state index contributed by atoms with van der Waals surface area (Å²) in [5, 5.41) is 10.8. The minimum absolute atomic E-state index is 0.00670. The Labute approximate surface area is 146 Å². The van der Waals surface area contributed by atoms with Gasteiger partial charge >= 0.3 is 0 Å². The summed E-state index contributed by atoms with van der Waals surface area (Å²) in [4.78, 5) is 11.9. The number of nitrogens with one attached hydrogen (secondary N) is 1. The molecule has 0 aliphatic heterocycles. The lowest BCUT2D eigenvalue weighted by atomic mass is 9.86. The Hall–Kier alpha value is -2.26. The number of hydrogen-bond donors (Lipinski definition) is 3. The van der Waals surface area contributed by atoms with Gasteiger partial charge in [-0.3, -0.25) is 4.79 Å². The number of sulfonamides is 1. The topological polar surface area (TPSA) is 119 Å². The Bertz CT molecular complexity index is 822. The van der Waals surface area contributed by atoms with Gasteiger partial charge in [-0.2, -0.15) is 0 Å². The average molecular weight is 364 g/mol. The molecule has 2 rings (SSSR count). The first kappa shape index (κ1) is 19.1. The molecule has 8 heteroatoms. The third-order valence-electron chi connectivity index (χ3n) is 3.73. The summed E-state index contributed by atoms with van der Waals surface area (Å²) < 4.78 is 31.5. The Morgan fingerprint density at radius 3 is 2.20 bits per heavy atom. The van der Waals surface area contributed by atoms with Gasteiger partial charge in [-0.1, -0.05) is 42.5 Å².